The number of hydrogen-bond donors (Lipinski definition) is 3. The lowest BCUT2D eigenvalue weighted by Crippen LogP contribution is -2.57. The molecule has 14 heteroatoms. The standard InChI is InChI=1S/C39H44N4O9S/c1-51-27-14-17-30-32(19-27)40-31(24-10-7-5-8-11-24)21-34(30)52-28-20-33-36(46)41-39(38(48)42-53(49,50)29-15-16-29)22-26(39)13-9-4-2-3-6-12-25(18-35(44)45)37(47)43(33)23-28/h5,7-11,13-14,17,19,21,25-26,28-29,33H,2-4,6,12,15-16,18,20,22-23H2,1H3,(H,41,46)(H,42,48)(H,44,45)/b13-9-/t25-,26+,28-,33+,39-/m1/s1. The Morgan fingerprint density at radius 1 is 1.06 bits per heavy atom. The molecule has 3 amide bonds. The van der Waals surface area contributed by atoms with Crippen molar-refractivity contribution in [1.29, 1.82) is 0 Å². The largest absolute Gasteiger partial charge is 0.497 e. The highest BCUT2D eigenvalue weighted by Crippen LogP contribution is 2.46. The zero-order valence-corrected chi connectivity index (χ0v) is 30.3. The summed E-state index contributed by atoms with van der Waals surface area (Å²) in [5, 5.41) is 12.7. The average Bonchev–Trinajstić information content (AvgIpc) is 4.07. The number of aromatic nitrogens is 1. The molecule has 13 nitrogen and oxygen atoms in total. The molecule has 0 radical (unpaired) electrons. The number of carbonyl (C=O) groups excluding carboxylic acids is 3. The number of carboxylic acids is 1. The molecule has 1 aromatic heterocycles. The van der Waals surface area contributed by atoms with Gasteiger partial charge in [0, 0.05) is 41.3 Å². The van der Waals surface area contributed by atoms with Gasteiger partial charge in [-0.3, -0.25) is 23.9 Å². The molecule has 280 valence electrons. The van der Waals surface area contributed by atoms with Crippen LogP contribution in [-0.4, -0.2) is 83.7 Å². The van der Waals surface area contributed by atoms with Crippen molar-refractivity contribution in [3.63, 3.8) is 0 Å². The first-order valence-corrected chi connectivity index (χ1v) is 19.8. The number of rotatable bonds is 9. The molecule has 0 unspecified atom stereocenters. The minimum atomic E-state index is -3.89. The Balaban J connectivity index is 1.22. The third-order valence-corrected chi connectivity index (χ3v) is 12.5. The van der Waals surface area contributed by atoms with Crippen LogP contribution in [0.1, 0.15) is 64.2 Å². The van der Waals surface area contributed by atoms with E-state index in [9.17, 15) is 32.7 Å². The summed E-state index contributed by atoms with van der Waals surface area (Å²) in [6.45, 7) is -0.00767. The van der Waals surface area contributed by atoms with Gasteiger partial charge in [-0.25, -0.2) is 13.4 Å². The first-order chi connectivity index (χ1) is 25.5. The summed E-state index contributed by atoms with van der Waals surface area (Å²) in [4.78, 5) is 60.5. The number of pyridine rings is 1. The highest BCUT2D eigenvalue weighted by atomic mass is 32.2. The van der Waals surface area contributed by atoms with Crippen molar-refractivity contribution in [2.24, 2.45) is 11.8 Å². The van der Waals surface area contributed by atoms with Gasteiger partial charge in [-0.2, -0.15) is 0 Å². The van der Waals surface area contributed by atoms with Crippen LogP contribution in [0.25, 0.3) is 22.2 Å². The molecule has 5 atom stereocenters. The maximum atomic E-state index is 14.3. The average molecular weight is 745 g/mol. The number of nitrogens with one attached hydrogen (secondary N) is 2. The van der Waals surface area contributed by atoms with Crippen molar-refractivity contribution in [2.45, 2.75) is 87.1 Å². The molecule has 3 aromatic rings. The Morgan fingerprint density at radius 3 is 2.58 bits per heavy atom. The van der Waals surface area contributed by atoms with Gasteiger partial charge in [0.15, 0.2) is 0 Å². The Morgan fingerprint density at radius 2 is 1.85 bits per heavy atom. The van der Waals surface area contributed by atoms with Crippen LogP contribution in [0.2, 0.25) is 0 Å². The van der Waals surface area contributed by atoms with E-state index in [-0.39, 0.29) is 25.8 Å². The van der Waals surface area contributed by atoms with Gasteiger partial charge >= 0.3 is 5.97 Å². The van der Waals surface area contributed by atoms with Crippen molar-refractivity contribution in [3.8, 4) is 22.8 Å². The number of sulfonamides is 1. The maximum absolute atomic E-state index is 14.3. The third-order valence-electron chi connectivity index (χ3n) is 10.7. The van der Waals surface area contributed by atoms with Crippen molar-refractivity contribution in [2.75, 3.05) is 13.7 Å². The molecule has 3 fully saturated rings. The predicted molar refractivity (Wildman–Crippen MR) is 195 cm³/mol. The fraction of sp³-hybridized carbons (Fsp3) is 0.462. The SMILES string of the molecule is COc1ccc2c(O[C@@H]3C[C@H]4C(=O)N[C@]5(C(=O)NS(=O)(=O)C6CC6)C[C@@H]5/C=C\CCCCC[C@H](CC(=O)O)C(=O)N4C3)cc(-c3ccccc3)nc2c1. The summed E-state index contributed by atoms with van der Waals surface area (Å²) in [6, 6.07) is 15.7. The van der Waals surface area contributed by atoms with Gasteiger partial charge in [0.05, 0.1) is 36.5 Å². The molecule has 1 saturated heterocycles. The van der Waals surface area contributed by atoms with Gasteiger partial charge in [-0.05, 0) is 50.7 Å². The smallest absolute Gasteiger partial charge is 0.304 e. The van der Waals surface area contributed by atoms with Crippen molar-refractivity contribution >= 4 is 44.6 Å². The molecule has 4 aliphatic rings. The van der Waals surface area contributed by atoms with Crippen molar-refractivity contribution in [3.05, 3.63) is 66.7 Å². The molecule has 3 N–H and O–H groups in total. The normalized spacial score (nSPS) is 27.0. The third kappa shape index (κ3) is 7.87. The number of carboxylic acid groups (broad SMARTS) is 1. The number of benzene rings is 2. The van der Waals surface area contributed by atoms with Crippen LogP contribution in [0.15, 0.2) is 66.7 Å². The second kappa shape index (κ2) is 14.8. The van der Waals surface area contributed by atoms with Crippen LogP contribution >= 0.6 is 0 Å². The van der Waals surface area contributed by atoms with Crippen LogP contribution in [-0.2, 0) is 29.2 Å². The Hall–Kier alpha value is -4.98. The molecule has 0 spiro atoms. The van der Waals surface area contributed by atoms with E-state index in [0.717, 1.165) is 18.4 Å². The molecule has 2 aliphatic carbocycles. The van der Waals surface area contributed by atoms with E-state index >= 15 is 0 Å². The number of hydrogen-bond acceptors (Lipinski definition) is 9. The number of amides is 3. The zero-order valence-electron chi connectivity index (χ0n) is 29.5. The summed E-state index contributed by atoms with van der Waals surface area (Å²) in [7, 11) is -2.33. The highest BCUT2D eigenvalue weighted by molar-refractivity contribution is 7.91. The Labute approximate surface area is 308 Å². The summed E-state index contributed by atoms with van der Waals surface area (Å²) in [6.07, 6.45) is 7.13. The number of nitrogens with zero attached hydrogens (tertiary/aromatic N) is 2. The summed E-state index contributed by atoms with van der Waals surface area (Å²) >= 11 is 0. The number of allylic oxidation sites excluding steroid dienone is 1. The summed E-state index contributed by atoms with van der Waals surface area (Å²) in [5.41, 5.74) is 0.610. The fourth-order valence-electron chi connectivity index (χ4n) is 7.53. The number of fused-ring (bicyclic) bond motifs is 3. The number of aliphatic carboxylic acids is 1. The minimum Gasteiger partial charge on any atom is -0.497 e. The summed E-state index contributed by atoms with van der Waals surface area (Å²) in [5.74, 6) is -3.21. The molecule has 2 aliphatic heterocycles. The molecule has 2 aromatic carbocycles. The Bertz CT molecular complexity index is 2050. The van der Waals surface area contributed by atoms with Crippen molar-refractivity contribution < 1.29 is 42.2 Å². The lowest BCUT2D eigenvalue weighted by atomic mass is 9.95. The number of ether oxygens (including phenoxy) is 2. The number of carbonyl (C=O) groups is 4. The molecule has 2 saturated carbocycles. The first-order valence-electron chi connectivity index (χ1n) is 18.3. The second-order valence-corrected chi connectivity index (χ2v) is 16.5. The maximum Gasteiger partial charge on any atom is 0.304 e. The monoisotopic (exact) mass is 744 g/mol. The minimum absolute atomic E-state index is 0.00767. The Kier molecular flexibility index (Phi) is 10.2. The molecule has 7 rings (SSSR count). The quantitative estimate of drug-likeness (QED) is 0.267. The second-order valence-electron chi connectivity index (χ2n) is 14.5. The molecular formula is C39H44N4O9S. The van der Waals surface area contributed by atoms with Gasteiger partial charge in [0.25, 0.3) is 5.91 Å². The van der Waals surface area contributed by atoms with Gasteiger partial charge in [-0.1, -0.05) is 55.3 Å². The van der Waals surface area contributed by atoms with Crippen LogP contribution < -0.4 is 19.5 Å². The van der Waals surface area contributed by atoms with Crippen LogP contribution in [0.5, 0.6) is 11.5 Å². The fourth-order valence-corrected chi connectivity index (χ4v) is 8.89. The lowest BCUT2D eigenvalue weighted by Gasteiger charge is -2.29. The van der Waals surface area contributed by atoms with E-state index in [1.54, 1.807) is 19.2 Å². The van der Waals surface area contributed by atoms with E-state index in [1.165, 1.54) is 4.90 Å². The topological polar surface area (TPSA) is 181 Å². The lowest BCUT2D eigenvalue weighted by molar-refractivity contribution is -0.147. The van der Waals surface area contributed by atoms with Crippen LogP contribution in [0.4, 0.5) is 0 Å². The highest BCUT2D eigenvalue weighted by Gasteiger charge is 2.62. The van der Waals surface area contributed by atoms with E-state index in [0.29, 0.717) is 60.2 Å². The van der Waals surface area contributed by atoms with Crippen LogP contribution in [0, 0.1) is 11.8 Å². The number of methoxy groups -OCH3 is 1. The van der Waals surface area contributed by atoms with Gasteiger partial charge in [0.2, 0.25) is 21.8 Å². The van der Waals surface area contributed by atoms with E-state index in [1.807, 2.05) is 54.6 Å². The summed E-state index contributed by atoms with van der Waals surface area (Å²) < 4.78 is 39.9. The van der Waals surface area contributed by atoms with Gasteiger partial charge in [-0.15, -0.1) is 0 Å². The van der Waals surface area contributed by atoms with Gasteiger partial charge < -0.3 is 24.8 Å². The van der Waals surface area contributed by atoms with E-state index in [4.69, 9.17) is 14.5 Å². The molecular weight excluding hydrogens is 701 g/mol. The molecule has 0 bridgehead atoms. The van der Waals surface area contributed by atoms with E-state index in [2.05, 4.69) is 10.0 Å². The van der Waals surface area contributed by atoms with E-state index < -0.39 is 68.5 Å². The molecule has 53 heavy (non-hydrogen) atoms. The molecule has 3 heterocycles. The predicted octanol–water partition coefficient (Wildman–Crippen LogP) is 4.35. The van der Waals surface area contributed by atoms with Crippen molar-refractivity contribution in [1.82, 2.24) is 19.9 Å². The zero-order chi connectivity index (χ0) is 37.3. The van der Waals surface area contributed by atoms with Crippen LogP contribution in [0.3, 0.4) is 0 Å². The van der Waals surface area contributed by atoms with Gasteiger partial charge in [0.1, 0.15) is 29.2 Å². The first kappa shape index (κ1) is 36.4.